The highest BCUT2D eigenvalue weighted by Crippen LogP contribution is 2.21. The molecule has 2 aromatic rings. The summed E-state index contributed by atoms with van der Waals surface area (Å²) >= 11 is 0. The third kappa shape index (κ3) is 6.58. The normalized spacial score (nSPS) is 13.9. The molecule has 0 unspecified atom stereocenters. The van der Waals surface area contributed by atoms with Crippen LogP contribution in [0.15, 0.2) is 48.5 Å². The average Bonchev–Trinajstić information content (AvgIpc) is 2.82. The lowest BCUT2D eigenvalue weighted by Crippen LogP contribution is -2.48. The first-order valence-electron chi connectivity index (χ1n) is 11.6. The molecule has 31 heavy (non-hydrogen) atoms. The van der Waals surface area contributed by atoms with E-state index in [0.717, 1.165) is 49.3 Å². The van der Waals surface area contributed by atoms with Crippen LogP contribution in [0.2, 0.25) is 0 Å². The van der Waals surface area contributed by atoms with Crippen molar-refractivity contribution in [1.82, 2.24) is 4.90 Å². The van der Waals surface area contributed by atoms with Crippen molar-refractivity contribution in [3.8, 4) is 0 Å². The van der Waals surface area contributed by atoms with Gasteiger partial charge in [-0.05, 0) is 54.8 Å². The van der Waals surface area contributed by atoms with Gasteiger partial charge in [0.2, 0.25) is 5.91 Å². The second-order valence-corrected chi connectivity index (χ2v) is 8.24. The molecule has 5 heteroatoms. The number of carbonyl (C=O) groups excluding carboxylic acids is 2. The van der Waals surface area contributed by atoms with Gasteiger partial charge in [0.25, 0.3) is 5.91 Å². The minimum atomic E-state index is 0.0861. The van der Waals surface area contributed by atoms with E-state index in [2.05, 4.69) is 24.1 Å². The van der Waals surface area contributed by atoms with Crippen LogP contribution >= 0.6 is 0 Å². The van der Waals surface area contributed by atoms with Gasteiger partial charge in [-0.3, -0.25) is 9.59 Å². The molecule has 0 atom stereocenters. The number of benzene rings is 2. The Morgan fingerprint density at radius 2 is 1.52 bits per heavy atom. The minimum absolute atomic E-state index is 0.0861. The Morgan fingerprint density at radius 1 is 0.839 bits per heavy atom. The molecule has 0 bridgehead atoms. The molecule has 1 aliphatic rings. The Kier molecular flexibility index (Phi) is 8.51. The van der Waals surface area contributed by atoms with Crippen molar-refractivity contribution in [1.29, 1.82) is 0 Å². The van der Waals surface area contributed by atoms with Gasteiger partial charge in [-0.15, -0.1) is 0 Å². The molecular weight excluding hydrogens is 386 g/mol. The summed E-state index contributed by atoms with van der Waals surface area (Å²) in [5.41, 5.74) is 3.98. The van der Waals surface area contributed by atoms with Gasteiger partial charge in [0, 0.05) is 49.5 Å². The molecule has 3 rings (SSSR count). The number of unbranched alkanes of at least 4 members (excludes halogenated alkanes) is 3. The highest BCUT2D eigenvalue weighted by Gasteiger charge is 2.22. The van der Waals surface area contributed by atoms with E-state index in [4.69, 9.17) is 0 Å². The van der Waals surface area contributed by atoms with Crippen molar-refractivity contribution in [3.05, 3.63) is 59.7 Å². The second kappa shape index (κ2) is 11.5. The summed E-state index contributed by atoms with van der Waals surface area (Å²) in [6.45, 7) is 7.33. The van der Waals surface area contributed by atoms with Crippen LogP contribution in [0.1, 0.15) is 61.9 Å². The Hall–Kier alpha value is -2.82. The number of piperazine rings is 1. The highest BCUT2D eigenvalue weighted by molar-refractivity contribution is 5.94. The fraction of sp³-hybridized carbons (Fsp3) is 0.462. The molecule has 166 valence electrons. The number of anilines is 2. The SMILES string of the molecule is CCCCCCC(=O)Nc1ccc(N2CCN(C(=O)c3ccc(CC)cc3)CC2)cc1. The van der Waals surface area contributed by atoms with Crippen LogP contribution in [0.3, 0.4) is 0 Å². The molecule has 1 aliphatic heterocycles. The van der Waals surface area contributed by atoms with Gasteiger partial charge in [0.15, 0.2) is 0 Å². The van der Waals surface area contributed by atoms with Crippen LogP contribution in [0.5, 0.6) is 0 Å². The largest absolute Gasteiger partial charge is 0.368 e. The third-order valence-corrected chi connectivity index (χ3v) is 5.95. The summed E-state index contributed by atoms with van der Waals surface area (Å²) in [7, 11) is 0. The molecule has 2 aromatic carbocycles. The van der Waals surface area contributed by atoms with Crippen molar-refractivity contribution in [3.63, 3.8) is 0 Å². The number of aryl methyl sites for hydroxylation is 1. The smallest absolute Gasteiger partial charge is 0.253 e. The van der Waals surface area contributed by atoms with Gasteiger partial charge >= 0.3 is 0 Å². The zero-order valence-electron chi connectivity index (χ0n) is 18.9. The van der Waals surface area contributed by atoms with Crippen LogP contribution < -0.4 is 10.2 Å². The van der Waals surface area contributed by atoms with Crippen molar-refractivity contribution >= 4 is 23.2 Å². The molecule has 0 aromatic heterocycles. The van der Waals surface area contributed by atoms with Crippen molar-refractivity contribution in [2.24, 2.45) is 0 Å². The number of hydrogen-bond acceptors (Lipinski definition) is 3. The molecule has 5 nitrogen and oxygen atoms in total. The summed E-state index contributed by atoms with van der Waals surface area (Å²) in [4.78, 5) is 29.1. The number of nitrogens with one attached hydrogen (secondary N) is 1. The lowest BCUT2D eigenvalue weighted by atomic mass is 10.1. The van der Waals surface area contributed by atoms with Gasteiger partial charge in [-0.1, -0.05) is 45.2 Å². The summed E-state index contributed by atoms with van der Waals surface area (Å²) < 4.78 is 0. The van der Waals surface area contributed by atoms with E-state index in [0.29, 0.717) is 19.5 Å². The summed E-state index contributed by atoms with van der Waals surface area (Å²) in [6, 6.07) is 16.0. The highest BCUT2D eigenvalue weighted by atomic mass is 16.2. The molecule has 1 heterocycles. The lowest BCUT2D eigenvalue weighted by molar-refractivity contribution is -0.116. The predicted octanol–water partition coefficient (Wildman–Crippen LogP) is 5.12. The van der Waals surface area contributed by atoms with Gasteiger partial charge in [-0.2, -0.15) is 0 Å². The first kappa shape index (κ1) is 22.9. The first-order valence-corrected chi connectivity index (χ1v) is 11.6. The van der Waals surface area contributed by atoms with Crippen LogP contribution in [-0.2, 0) is 11.2 Å². The lowest BCUT2D eigenvalue weighted by Gasteiger charge is -2.36. The second-order valence-electron chi connectivity index (χ2n) is 8.24. The van der Waals surface area contributed by atoms with Gasteiger partial charge < -0.3 is 15.1 Å². The fourth-order valence-corrected chi connectivity index (χ4v) is 3.92. The van der Waals surface area contributed by atoms with Crippen LogP contribution in [-0.4, -0.2) is 42.9 Å². The summed E-state index contributed by atoms with van der Waals surface area (Å²) in [5, 5.41) is 2.99. The molecule has 0 radical (unpaired) electrons. The van der Waals surface area contributed by atoms with E-state index in [9.17, 15) is 9.59 Å². The molecule has 2 amide bonds. The van der Waals surface area contributed by atoms with Crippen LogP contribution in [0, 0.1) is 0 Å². The monoisotopic (exact) mass is 421 g/mol. The molecule has 1 saturated heterocycles. The zero-order valence-corrected chi connectivity index (χ0v) is 18.9. The molecular formula is C26H35N3O2. The van der Waals surface area contributed by atoms with Crippen molar-refractivity contribution < 1.29 is 9.59 Å². The molecule has 0 spiro atoms. The number of rotatable bonds is 9. The van der Waals surface area contributed by atoms with E-state index in [-0.39, 0.29) is 11.8 Å². The standard InChI is InChI=1S/C26H35N3O2/c1-3-5-6-7-8-25(30)27-23-13-15-24(16-14-23)28-17-19-29(20-18-28)26(31)22-11-9-21(4-2)10-12-22/h9-16H,3-8,17-20H2,1-2H3,(H,27,30). The van der Waals surface area contributed by atoms with E-state index in [1.54, 1.807) is 0 Å². The predicted molar refractivity (Wildman–Crippen MR) is 128 cm³/mol. The number of amides is 2. The van der Waals surface area contributed by atoms with E-state index in [1.807, 2.05) is 53.4 Å². The number of nitrogens with zero attached hydrogens (tertiary/aromatic N) is 2. The van der Waals surface area contributed by atoms with E-state index >= 15 is 0 Å². The minimum Gasteiger partial charge on any atom is -0.368 e. The maximum absolute atomic E-state index is 12.8. The summed E-state index contributed by atoms with van der Waals surface area (Å²) in [5.74, 6) is 0.197. The maximum atomic E-state index is 12.8. The Labute approximate surface area is 186 Å². The maximum Gasteiger partial charge on any atom is 0.253 e. The van der Waals surface area contributed by atoms with Crippen LogP contribution in [0.4, 0.5) is 11.4 Å². The van der Waals surface area contributed by atoms with E-state index < -0.39 is 0 Å². The quantitative estimate of drug-likeness (QED) is 0.572. The number of carbonyl (C=O) groups is 2. The molecule has 0 saturated carbocycles. The molecule has 1 fully saturated rings. The third-order valence-electron chi connectivity index (χ3n) is 5.95. The van der Waals surface area contributed by atoms with Crippen LogP contribution in [0.25, 0.3) is 0 Å². The zero-order chi connectivity index (χ0) is 22.1. The van der Waals surface area contributed by atoms with Crippen molar-refractivity contribution in [2.75, 3.05) is 36.4 Å². The fourth-order valence-electron chi connectivity index (χ4n) is 3.92. The Balaban J connectivity index is 1.47. The number of hydrogen-bond donors (Lipinski definition) is 1. The Morgan fingerprint density at radius 3 is 2.13 bits per heavy atom. The van der Waals surface area contributed by atoms with Crippen molar-refractivity contribution in [2.45, 2.75) is 52.4 Å². The topological polar surface area (TPSA) is 52.7 Å². The first-order chi connectivity index (χ1) is 15.1. The molecule has 1 N–H and O–H groups in total. The van der Waals surface area contributed by atoms with E-state index in [1.165, 1.54) is 18.4 Å². The summed E-state index contributed by atoms with van der Waals surface area (Å²) in [6.07, 6.45) is 5.99. The Bertz CT molecular complexity index is 838. The van der Waals surface area contributed by atoms with Gasteiger partial charge in [-0.25, -0.2) is 0 Å². The van der Waals surface area contributed by atoms with Gasteiger partial charge in [0.05, 0.1) is 0 Å². The average molecular weight is 422 g/mol. The van der Waals surface area contributed by atoms with Gasteiger partial charge in [0.1, 0.15) is 0 Å². The molecule has 0 aliphatic carbocycles.